The maximum atomic E-state index is 13.2. The van der Waals surface area contributed by atoms with E-state index < -0.39 is 12.0 Å². The second-order valence-corrected chi connectivity index (χ2v) is 6.92. The Morgan fingerprint density at radius 3 is 2.76 bits per heavy atom. The molecule has 130 valence electrons. The normalized spacial score (nSPS) is 25.6. The first-order valence-corrected chi connectivity index (χ1v) is 8.80. The van der Waals surface area contributed by atoms with E-state index in [-0.39, 0.29) is 11.9 Å². The van der Waals surface area contributed by atoms with Crippen LogP contribution in [0.1, 0.15) is 42.5 Å². The van der Waals surface area contributed by atoms with Crippen LogP contribution in [0.5, 0.6) is 0 Å². The molecule has 2 aromatic rings. The number of rotatable bonds is 3. The zero-order valence-corrected chi connectivity index (χ0v) is 13.9. The van der Waals surface area contributed by atoms with Gasteiger partial charge in [-0.2, -0.15) is 5.10 Å². The molecule has 2 aliphatic rings. The first-order valence-electron chi connectivity index (χ1n) is 8.80. The van der Waals surface area contributed by atoms with Crippen molar-refractivity contribution in [3.8, 4) is 5.69 Å². The van der Waals surface area contributed by atoms with Crippen molar-refractivity contribution in [3.63, 3.8) is 0 Å². The van der Waals surface area contributed by atoms with E-state index in [0.29, 0.717) is 17.9 Å². The standard InChI is InChI=1S/C19H21N3O3/c23-18(14-6-3-7-15(11-14)21-10-4-9-20-21)22-16-8-2-1-5-13(16)12-17(22)19(24)25/h3-4,6-7,9-11,13,16-17H,1-2,5,8,12H2,(H,24,25)/t13-,16+,17-/m0/s1. The summed E-state index contributed by atoms with van der Waals surface area (Å²) in [4.78, 5) is 26.5. The number of likely N-dealkylation sites (tertiary alicyclic amines) is 1. The number of aliphatic carboxylic acids is 1. The van der Waals surface area contributed by atoms with Crippen LogP contribution < -0.4 is 0 Å². The maximum absolute atomic E-state index is 13.2. The number of amides is 1. The van der Waals surface area contributed by atoms with Crippen molar-refractivity contribution in [2.45, 2.75) is 44.2 Å². The fourth-order valence-corrected chi connectivity index (χ4v) is 4.32. The molecule has 1 saturated heterocycles. The highest BCUT2D eigenvalue weighted by Gasteiger charge is 2.47. The molecule has 0 radical (unpaired) electrons. The molecule has 25 heavy (non-hydrogen) atoms. The van der Waals surface area contributed by atoms with Gasteiger partial charge in [-0.15, -0.1) is 0 Å². The van der Waals surface area contributed by atoms with E-state index in [2.05, 4.69) is 5.10 Å². The number of carboxylic acid groups (broad SMARTS) is 1. The number of benzene rings is 1. The molecule has 0 unspecified atom stereocenters. The highest BCUT2D eigenvalue weighted by Crippen LogP contribution is 2.40. The van der Waals surface area contributed by atoms with Crippen LogP contribution in [0, 0.1) is 5.92 Å². The van der Waals surface area contributed by atoms with Gasteiger partial charge in [0.05, 0.1) is 5.69 Å². The molecule has 1 amide bonds. The lowest BCUT2D eigenvalue weighted by atomic mass is 9.84. The zero-order valence-electron chi connectivity index (χ0n) is 13.9. The third-order valence-electron chi connectivity index (χ3n) is 5.47. The van der Waals surface area contributed by atoms with Gasteiger partial charge in [0, 0.05) is 24.0 Å². The highest BCUT2D eigenvalue weighted by molar-refractivity contribution is 5.97. The van der Waals surface area contributed by atoms with Crippen molar-refractivity contribution in [2.75, 3.05) is 0 Å². The molecular weight excluding hydrogens is 318 g/mol. The molecule has 6 heteroatoms. The number of carboxylic acids is 1. The Labute approximate surface area is 146 Å². The largest absolute Gasteiger partial charge is 0.480 e. The van der Waals surface area contributed by atoms with Crippen molar-refractivity contribution in [2.24, 2.45) is 5.92 Å². The monoisotopic (exact) mass is 339 g/mol. The number of carbonyl (C=O) groups is 2. The van der Waals surface area contributed by atoms with Crippen LogP contribution >= 0.6 is 0 Å². The van der Waals surface area contributed by atoms with Crippen LogP contribution in [-0.2, 0) is 4.79 Å². The zero-order chi connectivity index (χ0) is 17.4. The van der Waals surface area contributed by atoms with Gasteiger partial charge in [-0.25, -0.2) is 9.48 Å². The molecule has 1 aliphatic carbocycles. The minimum Gasteiger partial charge on any atom is -0.480 e. The fraction of sp³-hybridized carbons (Fsp3) is 0.421. The fourth-order valence-electron chi connectivity index (χ4n) is 4.32. The summed E-state index contributed by atoms with van der Waals surface area (Å²) >= 11 is 0. The summed E-state index contributed by atoms with van der Waals surface area (Å²) in [6.07, 6.45) is 8.18. The molecule has 0 bridgehead atoms. The minimum absolute atomic E-state index is 0.0516. The summed E-state index contributed by atoms with van der Waals surface area (Å²) in [5, 5.41) is 13.8. The summed E-state index contributed by atoms with van der Waals surface area (Å²) in [6.45, 7) is 0. The molecule has 0 spiro atoms. The number of hydrogen-bond donors (Lipinski definition) is 1. The second-order valence-electron chi connectivity index (χ2n) is 6.92. The van der Waals surface area contributed by atoms with E-state index in [1.54, 1.807) is 27.9 Å². The van der Waals surface area contributed by atoms with Crippen molar-refractivity contribution < 1.29 is 14.7 Å². The molecule has 1 aromatic heterocycles. The molecule has 3 atom stereocenters. The molecule has 2 fully saturated rings. The van der Waals surface area contributed by atoms with Crippen molar-refractivity contribution >= 4 is 11.9 Å². The molecular formula is C19H21N3O3. The Kier molecular flexibility index (Phi) is 4.03. The quantitative estimate of drug-likeness (QED) is 0.933. The summed E-state index contributed by atoms with van der Waals surface area (Å²) < 4.78 is 1.69. The van der Waals surface area contributed by atoms with Gasteiger partial charge in [0.1, 0.15) is 6.04 Å². The van der Waals surface area contributed by atoms with Crippen LogP contribution in [0.2, 0.25) is 0 Å². The number of nitrogens with zero attached hydrogens (tertiary/aromatic N) is 3. The van der Waals surface area contributed by atoms with Gasteiger partial charge in [-0.3, -0.25) is 4.79 Å². The number of hydrogen-bond acceptors (Lipinski definition) is 3. The Morgan fingerprint density at radius 2 is 2.00 bits per heavy atom. The Morgan fingerprint density at radius 1 is 1.16 bits per heavy atom. The Balaban J connectivity index is 1.67. The van der Waals surface area contributed by atoms with Gasteiger partial charge >= 0.3 is 5.97 Å². The third-order valence-corrected chi connectivity index (χ3v) is 5.47. The van der Waals surface area contributed by atoms with E-state index in [4.69, 9.17) is 0 Å². The molecule has 1 aromatic carbocycles. The smallest absolute Gasteiger partial charge is 0.326 e. The van der Waals surface area contributed by atoms with E-state index in [0.717, 1.165) is 31.4 Å². The Bertz CT molecular complexity index is 787. The Hall–Kier alpha value is -2.63. The second kappa shape index (κ2) is 6.35. The van der Waals surface area contributed by atoms with Gasteiger partial charge in [0.15, 0.2) is 0 Å². The van der Waals surface area contributed by atoms with Gasteiger partial charge in [0.2, 0.25) is 0 Å². The van der Waals surface area contributed by atoms with Crippen LogP contribution in [0.3, 0.4) is 0 Å². The molecule has 6 nitrogen and oxygen atoms in total. The lowest BCUT2D eigenvalue weighted by molar-refractivity contribution is -0.141. The van der Waals surface area contributed by atoms with Gasteiger partial charge in [0.25, 0.3) is 5.91 Å². The summed E-state index contributed by atoms with van der Waals surface area (Å²) in [7, 11) is 0. The van der Waals surface area contributed by atoms with Crippen LogP contribution in [-0.4, -0.2) is 43.7 Å². The van der Waals surface area contributed by atoms with E-state index in [1.807, 2.05) is 24.4 Å². The van der Waals surface area contributed by atoms with Crippen LogP contribution in [0.25, 0.3) is 5.69 Å². The van der Waals surface area contributed by atoms with Crippen LogP contribution in [0.15, 0.2) is 42.7 Å². The van der Waals surface area contributed by atoms with Gasteiger partial charge < -0.3 is 10.0 Å². The van der Waals surface area contributed by atoms with E-state index >= 15 is 0 Å². The summed E-state index contributed by atoms with van der Waals surface area (Å²) in [5.41, 5.74) is 1.31. The van der Waals surface area contributed by atoms with Gasteiger partial charge in [-0.05, 0) is 49.4 Å². The summed E-state index contributed by atoms with van der Waals surface area (Å²) in [5.74, 6) is -0.769. The predicted molar refractivity (Wildman–Crippen MR) is 91.5 cm³/mol. The van der Waals surface area contributed by atoms with Crippen LogP contribution in [0.4, 0.5) is 0 Å². The lowest BCUT2D eigenvalue weighted by Crippen LogP contribution is -2.46. The third kappa shape index (κ3) is 2.81. The topological polar surface area (TPSA) is 75.4 Å². The van der Waals surface area contributed by atoms with E-state index in [1.165, 1.54) is 0 Å². The molecule has 1 aliphatic heterocycles. The first-order chi connectivity index (χ1) is 12.1. The molecule has 2 heterocycles. The number of carbonyl (C=O) groups excluding carboxylic acids is 1. The highest BCUT2D eigenvalue weighted by atomic mass is 16.4. The summed E-state index contributed by atoms with van der Waals surface area (Å²) in [6, 6.07) is 8.39. The van der Waals surface area contributed by atoms with Crippen molar-refractivity contribution in [1.29, 1.82) is 0 Å². The molecule has 4 rings (SSSR count). The predicted octanol–water partition coefficient (Wildman–Crippen LogP) is 2.73. The average molecular weight is 339 g/mol. The SMILES string of the molecule is O=C(O)[C@@H]1C[C@@H]2CCCC[C@H]2N1C(=O)c1cccc(-n2cccn2)c1. The minimum atomic E-state index is -0.897. The van der Waals surface area contributed by atoms with Gasteiger partial charge in [-0.1, -0.05) is 18.9 Å². The van der Waals surface area contributed by atoms with Crippen molar-refractivity contribution in [3.05, 3.63) is 48.3 Å². The molecule has 1 N–H and O–H groups in total. The number of aromatic nitrogens is 2. The average Bonchev–Trinajstić information content (AvgIpc) is 3.29. The van der Waals surface area contributed by atoms with Crippen molar-refractivity contribution in [1.82, 2.24) is 14.7 Å². The number of fused-ring (bicyclic) bond motifs is 1. The lowest BCUT2D eigenvalue weighted by Gasteiger charge is -2.33. The first kappa shape index (κ1) is 15.9. The van der Waals surface area contributed by atoms with E-state index in [9.17, 15) is 14.7 Å². The molecule has 1 saturated carbocycles. The maximum Gasteiger partial charge on any atom is 0.326 e.